The fourth-order valence-electron chi connectivity index (χ4n) is 3.07. The van der Waals surface area contributed by atoms with Gasteiger partial charge in [0.15, 0.2) is 0 Å². The van der Waals surface area contributed by atoms with Crippen molar-refractivity contribution in [3.8, 4) is 0 Å². The Labute approximate surface area is 128 Å². The Balaban J connectivity index is 1.75. The number of rotatable bonds is 4. The van der Waals surface area contributed by atoms with Crippen molar-refractivity contribution >= 4 is 26.8 Å². The molecule has 106 valence electrons. The molecule has 0 aliphatic carbocycles. The second kappa shape index (κ2) is 6.23. The van der Waals surface area contributed by atoms with E-state index in [1.54, 1.807) is 0 Å². The number of hydrogen-bond acceptors (Lipinski definition) is 2. The second-order valence-corrected chi connectivity index (χ2v) is 6.66. The average Bonchev–Trinajstić information content (AvgIpc) is 2.95. The lowest BCUT2D eigenvalue weighted by Crippen LogP contribution is -2.25. The Morgan fingerprint density at radius 1 is 1.30 bits per heavy atom. The molecular weight excluding hydrogens is 314 g/mol. The molecule has 0 N–H and O–H groups in total. The summed E-state index contributed by atoms with van der Waals surface area (Å²) in [4.78, 5) is 5.21. The molecule has 0 radical (unpaired) electrons. The molecule has 1 saturated heterocycles. The second-order valence-electron chi connectivity index (χ2n) is 5.49. The summed E-state index contributed by atoms with van der Waals surface area (Å²) in [6.07, 6.45) is 3.62. The molecule has 1 fully saturated rings. The van der Waals surface area contributed by atoms with Crippen LogP contribution in [0.1, 0.15) is 25.5 Å². The Hall–Kier alpha value is -0.930. The molecular formula is C17H20BrNO. The van der Waals surface area contributed by atoms with Crippen LogP contribution in [0.5, 0.6) is 0 Å². The van der Waals surface area contributed by atoms with E-state index >= 15 is 0 Å². The molecule has 0 saturated carbocycles. The predicted octanol–water partition coefficient (Wildman–Crippen LogP) is 4.36. The highest BCUT2D eigenvalue weighted by atomic mass is 79.9. The zero-order chi connectivity index (χ0) is 13.9. The van der Waals surface area contributed by atoms with Crippen LogP contribution in [0.2, 0.25) is 0 Å². The third-order valence-electron chi connectivity index (χ3n) is 4.19. The van der Waals surface area contributed by atoms with Crippen molar-refractivity contribution in [1.82, 2.24) is 4.98 Å². The van der Waals surface area contributed by atoms with E-state index in [0.29, 0.717) is 16.8 Å². The summed E-state index contributed by atoms with van der Waals surface area (Å²) < 4.78 is 5.79. The van der Waals surface area contributed by atoms with E-state index in [-0.39, 0.29) is 0 Å². The lowest BCUT2D eigenvalue weighted by molar-refractivity contribution is 0.0872. The Morgan fingerprint density at radius 2 is 2.15 bits per heavy atom. The van der Waals surface area contributed by atoms with Gasteiger partial charge in [-0.15, -0.1) is 0 Å². The number of hydrogen-bond donors (Lipinski definition) is 0. The van der Waals surface area contributed by atoms with Gasteiger partial charge in [0, 0.05) is 34.9 Å². The van der Waals surface area contributed by atoms with Crippen LogP contribution in [0.25, 0.3) is 10.9 Å². The van der Waals surface area contributed by atoms with Gasteiger partial charge in [-0.05, 0) is 25.0 Å². The molecule has 20 heavy (non-hydrogen) atoms. The number of ether oxygens (including phenoxy) is 1. The summed E-state index contributed by atoms with van der Waals surface area (Å²) in [6.45, 7) is 3.10. The first kappa shape index (κ1) is 14.0. The molecule has 0 spiro atoms. The van der Waals surface area contributed by atoms with E-state index in [9.17, 15) is 0 Å². The third-order valence-corrected chi connectivity index (χ3v) is 5.19. The molecule has 0 amide bonds. The SMILES string of the molecule is CCC1OCCC1C(Br)Cc1ccc2ccccc2n1. The minimum Gasteiger partial charge on any atom is -0.378 e. The standard InChI is InChI=1S/C17H20BrNO/c1-2-17-14(9-10-20-17)15(18)11-13-8-7-12-5-3-4-6-16(12)19-13/h3-8,14-15,17H,2,9-11H2,1H3. The third kappa shape index (κ3) is 2.89. The zero-order valence-corrected chi connectivity index (χ0v) is 13.3. The molecule has 3 heteroatoms. The molecule has 2 aromatic rings. The summed E-state index contributed by atoms with van der Waals surface area (Å²) in [6, 6.07) is 12.6. The monoisotopic (exact) mass is 333 g/mol. The first-order chi connectivity index (χ1) is 9.78. The summed E-state index contributed by atoms with van der Waals surface area (Å²) in [5.74, 6) is 0.605. The molecule has 2 nitrogen and oxygen atoms in total. The van der Waals surface area contributed by atoms with Crippen LogP contribution >= 0.6 is 15.9 Å². The van der Waals surface area contributed by atoms with E-state index < -0.39 is 0 Å². The number of pyridine rings is 1. The van der Waals surface area contributed by atoms with Crippen LogP contribution in [-0.2, 0) is 11.2 Å². The molecule has 1 aromatic carbocycles. The normalized spacial score (nSPS) is 24.1. The first-order valence-corrected chi connectivity index (χ1v) is 8.30. The van der Waals surface area contributed by atoms with Gasteiger partial charge < -0.3 is 4.74 Å². The Bertz CT molecular complexity index is 586. The van der Waals surface area contributed by atoms with Gasteiger partial charge in [-0.2, -0.15) is 0 Å². The molecule has 1 aliphatic heterocycles. The van der Waals surface area contributed by atoms with Crippen LogP contribution in [-0.4, -0.2) is 22.5 Å². The fraction of sp³-hybridized carbons (Fsp3) is 0.471. The summed E-state index contributed by atoms with van der Waals surface area (Å²) in [5.41, 5.74) is 2.24. The summed E-state index contributed by atoms with van der Waals surface area (Å²) >= 11 is 3.87. The maximum atomic E-state index is 5.79. The quantitative estimate of drug-likeness (QED) is 0.775. The van der Waals surface area contributed by atoms with E-state index in [1.165, 1.54) is 5.39 Å². The molecule has 1 aromatic heterocycles. The van der Waals surface area contributed by atoms with Crippen molar-refractivity contribution in [3.05, 3.63) is 42.1 Å². The van der Waals surface area contributed by atoms with Crippen LogP contribution < -0.4 is 0 Å². The van der Waals surface area contributed by atoms with Gasteiger partial charge in [0.1, 0.15) is 0 Å². The molecule has 3 rings (SSSR count). The first-order valence-electron chi connectivity index (χ1n) is 7.38. The van der Waals surface area contributed by atoms with Crippen molar-refractivity contribution in [1.29, 1.82) is 0 Å². The number of benzene rings is 1. The van der Waals surface area contributed by atoms with Crippen molar-refractivity contribution in [2.45, 2.75) is 37.1 Å². The molecule has 3 unspecified atom stereocenters. The predicted molar refractivity (Wildman–Crippen MR) is 86.3 cm³/mol. The maximum absolute atomic E-state index is 5.79. The van der Waals surface area contributed by atoms with Gasteiger partial charge in [0.05, 0.1) is 11.6 Å². The zero-order valence-electron chi connectivity index (χ0n) is 11.8. The van der Waals surface area contributed by atoms with Crippen LogP contribution in [0.4, 0.5) is 0 Å². The Kier molecular flexibility index (Phi) is 4.37. The number of alkyl halides is 1. The number of nitrogens with zero attached hydrogens (tertiary/aromatic N) is 1. The summed E-state index contributed by atoms with van der Waals surface area (Å²) in [5, 5.41) is 1.21. The highest BCUT2D eigenvalue weighted by Crippen LogP contribution is 2.32. The van der Waals surface area contributed by atoms with Crippen LogP contribution in [0.3, 0.4) is 0 Å². The van der Waals surface area contributed by atoms with Gasteiger partial charge in [-0.3, -0.25) is 4.98 Å². The molecule has 2 heterocycles. The van der Waals surface area contributed by atoms with E-state index in [2.05, 4.69) is 53.2 Å². The minimum atomic E-state index is 0.403. The van der Waals surface area contributed by atoms with Gasteiger partial charge in [0.25, 0.3) is 0 Å². The average molecular weight is 334 g/mol. The number of aromatic nitrogens is 1. The van der Waals surface area contributed by atoms with Crippen molar-refractivity contribution in [2.24, 2.45) is 5.92 Å². The van der Waals surface area contributed by atoms with Crippen molar-refractivity contribution < 1.29 is 4.74 Å². The number of halogens is 1. The summed E-state index contributed by atoms with van der Waals surface area (Å²) in [7, 11) is 0. The smallest absolute Gasteiger partial charge is 0.0705 e. The molecule has 1 aliphatic rings. The van der Waals surface area contributed by atoms with Crippen molar-refractivity contribution in [3.63, 3.8) is 0 Å². The fourth-order valence-corrected chi connectivity index (χ4v) is 4.01. The lowest BCUT2D eigenvalue weighted by atomic mass is 9.93. The van der Waals surface area contributed by atoms with E-state index in [4.69, 9.17) is 9.72 Å². The largest absolute Gasteiger partial charge is 0.378 e. The number of para-hydroxylation sites is 1. The Morgan fingerprint density at radius 3 is 3.00 bits per heavy atom. The highest BCUT2D eigenvalue weighted by Gasteiger charge is 2.32. The van der Waals surface area contributed by atoms with Crippen molar-refractivity contribution in [2.75, 3.05) is 6.61 Å². The van der Waals surface area contributed by atoms with Gasteiger partial charge >= 0.3 is 0 Å². The molecule has 3 atom stereocenters. The minimum absolute atomic E-state index is 0.403. The lowest BCUT2D eigenvalue weighted by Gasteiger charge is -2.22. The van der Waals surface area contributed by atoms with Gasteiger partial charge in [-0.1, -0.05) is 47.1 Å². The van der Waals surface area contributed by atoms with Gasteiger partial charge in [-0.25, -0.2) is 0 Å². The molecule has 0 bridgehead atoms. The van der Waals surface area contributed by atoms with E-state index in [0.717, 1.165) is 37.1 Å². The van der Waals surface area contributed by atoms with E-state index in [1.807, 2.05) is 6.07 Å². The highest BCUT2D eigenvalue weighted by molar-refractivity contribution is 9.09. The number of fused-ring (bicyclic) bond motifs is 1. The van der Waals surface area contributed by atoms with Gasteiger partial charge in [0.2, 0.25) is 0 Å². The maximum Gasteiger partial charge on any atom is 0.0705 e. The van der Waals surface area contributed by atoms with Crippen LogP contribution in [0.15, 0.2) is 36.4 Å². The van der Waals surface area contributed by atoms with Crippen LogP contribution in [0, 0.1) is 5.92 Å². The topological polar surface area (TPSA) is 22.1 Å².